The molecule has 1 unspecified atom stereocenters. The van der Waals surface area contributed by atoms with Crippen LogP contribution in [0.3, 0.4) is 0 Å². The van der Waals surface area contributed by atoms with Gasteiger partial charge in [0.15, 0.2) is 0 Å². The molecular weight excluding hydrogens is 218 g/mol. The summed E-state index contributed by atoms with van der Waals surface area (Å²) in [5.74, 6) is 3.74. The van der Waals surface area contributed by atoms with Gasteiger partial charge in [0.05, 0.1) is 6.61 Å². The third-order valence-electron chi connectivity index (χ3n) is 2.31. The van der Waals surface area contributed by atoms with E-state index in [2.05, 4.69) is 19.1 Å². The van der Waals surface area contributed by atoms with E-state index in [9.17, 15) is 0 Å². The average molecular weight is 239 g/mol. The fraction of sp³-hybridized carbons (Fsp3) is 0.538. The van der Waals surface area contributed by atoms with Crippen molar-refractivity contribution in [3.05, 3.63) is 29.8 Å². The fourth-order valence-corrected chi connectivity index (χ4v) is 2.38. The molecule has 1 atom stereocenters. The third-order valence-corrected chi connectivity index (χ3v) is 3.65. The Morgan fingerprint density at radius 3 is 2.56 bits per heavy atom. The molecule has 0 aromatic heterocycles. The molecule has 0 spiro atoms. The molecule has 0 saturated carbocycles. The van der Waals surface area contributed by atoms with Crippen molar-refractivity contribution >= 4 is 11.8 Å². The van der Waals surface area contributed by atoms with Crippen molar-refractivity contribution in [3.8, 4) is 5.75 Å². The lowest BCUT2D eigenvalue weighted by atomic mass is 10.2. The van der Waals surface area contributed by atoms with Crippen molar-refractivity contribution in [1.82, 2.24) is 0 Å². The van der Waals surface area contributed by atoms with Crippen LogP contribution in [0.25, 0.3) is 0 Å². The summed E-state index contributed by atoms with van der Waals surface area (Å²) >= 11 is 1.94. The maximum absolute atomic E-state index is 5.57. The zero-order valence-corrected chi connectivity index (χ0v) is 10.9. The molecule has 1 aromatic carbocycles. The second kappa shape index (κ2) is 7.58. The van der Waals surface area contributed by atoms with E-state index >= 15 is 0 Å². The van der Waals surface area contributed by atoms with Gasteiger partial charge < -0.3 is 10.5 Å². The number of benzene rings is 1. The Balaban J connectivity index is 2.31. The van der Waals surface area contributed by atoms with E-state index in [1.807, 2.05) is 30.8 Å². The van der Waals surface area contributed by atoms with Gasteiger partial charge in [-0.05, 0) is 42.8 Å². The average Bonchev–Trinajstić information content (AvgIpc) is 2.31. The number of hydrogen-bond donors (Lipinski definition) is 1. The van der Waals surface area contributed by atoms with Gasteiger partial charge in [-0.2, -0.15) is 11.8 Å². The van der Waals surface area contributed by atoms with Crippen molar-refractivity contribution < 1.29 is 4.74 Å². The topological polar surface area (TPSA) is 35.2 Å². The van der Waals surface area contributed by atoms with Gasteiger partial charge in [0, 0.05) is 5.75 Å². The Labute approximate surface area is 103 Å². The summed E-state index contributed by atoms with van der Waals surface area (Å²) in [6.45, 7) is 5.68. The Kier molecular flexibility index (Phi) is 6.34. The minimum absolute atomic E-state index is 0.604. The van der Waals surface area contributed by atoms with Crippen molar-refractivity contribution in [2.75, 3.05) is 18.9 Å². The van der Waals surface area contributed by atoms with Crippen LogP contribution >= 0.6 is 11.8 Å². The van der Waals surface area contributed by atoms with Gasteiger partial charge >= 0.3 is 0 Å². The minimum Gasteiger partial charge on any atom is -0.494 e. The molecule has 0 aliphatic carbocycles. The first-order valence-electron chi connectivity index (χ1n) is 5.75. The largest absolute Gasteiger partial charge is 0.494 e. The molecule has 0 bridgehead atoms. The van der Waals surface area contributed by atoms with Crippen molar-refractivity contribution in [2.45, 2.75) is 19.6 Å². The molecule has 0 aliphatic heterocycles. The van der Waals surface area contributed by atoms with Crippen LogP contribution < -0.4 is 10.5 Å². The molecule has 2 nitrogen and oxygen atoms in total. The molecule has 2 N–H and O–H groups in total. The van der Waals surface area contributed by atoms with Crippen molar-refractivity contribution in [3.63, 3.8) is 0 Å². The van der Waals surface area contributed by atoms with Crippen molar-refractivity contribution in [1.29, 1.82) is 0 Å². The first-order valence-corrected chi connectivity index (χ1v) is 6.91. The van der Waals surface area contributed by atoms with Crippen LogP contribution in [-0.4, -0.2) is 18.9 Å². The number of nitrogens with two attached hydrogens (primary N) is 1. The number of rotatable bonds is 7. The highest BCUT2D eigenvalue weighted by Gasteiger charge is 2.00. The second-order valence-corrected chi connectivity index (χ2v) is 4.96. The number of ether oxygens (including phenoxy) is 1. The molecule has 90 valence electrons. The normalized spacial score (nSPS) is 12.4. The van der Waals surface area contributed by atoms with Crippen LogP contribution in [0.5, 0.6) is 5.75 Å². The molecule has 1 aromatic rings. The molecule has 0 amide bonds. The monoisotopic (exact) mass is 239 g/mol. The van der Waals surface area contributed by atoms with E-state index in [1.165, 1.54) is 5.56 Å². The summed E-state index contributed by atoms with van der Waals surface area (Å²) in [4.78, 5) is 0. The van der Waals surface area contributed by atoms with Crippen LogP contribution in [0.15, 0.2) is 24.3 Å². The maximum Gasteiger partial charge on any atom is 0.119 e. The predicted molar refractivity (Wildman–Crippen MR) is 72.0 cm³/mol. The first kappa shape index (κ1) is 13.4. The fourth-order valence-electron chi connectivity index (χ4n) is 1.29. The Bertz CT molecular complexity index is 286. The molecule has 0 radical (unpaired) electrons. The quantitative estimate of drug-likeness (QED) is 0.794. The van der Waals surface area contributed by atoms with Gasteiger partial charge in [-0.1, -0.05) is 19.1 Å². The first-order chi connectivity index (χ1) is 7.76. The van der Waals surface area contributed by atoms with Crippen molar-refractivity contribution in [2.24, 2.45) is 11.7 Å². The van der Waals surface area contributed by atoms with Crippen LogP contribution in [0.2, 0.25) is 0 Å². The summed E-state index contributed by atoms with van der Waals surface area (Å²) in [6.07, 6.45) is 0. The zero-order valence-electron chi connectivity index (χ0n) is 10.1. The van der Waals surface area contributed by atoms with E-state index in [1.54, 1.807) is 0 Å². The molecule has 0 saturated heterocycles. The lowest BCUT2D eigenvalue weighted by molar-refractivity contribution is 0.340. The van der Waals surface area contributed by atoms with Gasteiger partial charge in [0.1, 0.15) is 5.75 Å². The van der Waals surface area contributed by atoms with E-state index in [-0.39, 0.29) is 0 Å². The van der Waals surface area contributed by atoms with Gasteiger partial charge in [0.25, 0.3) is 0 Å². The summed E-state index contributed by atoms with van der Waals surface area (Å²) in [5, 5.41) is 0. The van der Waals surface area contributed by atoms with Gasteiger partial charge in [-0.15, -0.1) is 0 Å². The summed E-state index contributed by atoms with van der Waals surface area (Å²) < 4.78 is 5.40. The molecule has 0 heterocycles. The Morgan fingerprint density at radius 2 is 2.00 bits per heavy atom. The van der Waals surface area contributed by atoms with E-state index in [0.717, 1.165) is 30.4 Å². The standard InChI is InChI=1S/C13H21NOS/c1-3-15-13-6-4-12(5-7-13)10-16-9-11(2)8-14/h4-7,11H,3,8-10,14H2,1-2H3. The van der Waals surface area contributed by atoms with E-state index in [0.29, 0.717) is 5.92 Å². The summed E-state index contributed by atoms with van der Waals surface area (Å²) in [6, 6.07) is 8.33. The summed E-state index contributed by atoms with van der Waals surface area (Å²) in [5.41, 5.74) is 6.92. The van der Waals surface area contributed by atoms with E-state index < -0.39 is 0 Å². The Morgan fingerprint density at radius 1 is 1.31 bits per heavy atom. The van der Waals surface area contributed by atoms with E-state index in [4.69, 9.17) is 10.5 Å². The second-order valence-electron chi connectivity index (χ2n) is 3.93. The number of thioether (sulfide) groups is 1. The van der Waals surface area contributed by atoms with Crippen LogP contribution in [0.1, 0.15) is 19.4 Å². The molecule has 0 fully saturated rings. The molecule has 1 rings (SSSR count). The Hall–Kier alpha value is -0.670. The minimum atomic E-state index is 0.604. The maximum atomic E-state index is 5.57. The SMILES string of the molecule is CCOc1ccc(CSCC(C)CN)cc1. The highest BCUT2D eigenvalue weighted by atomic mass is 32.2. The lowest BCUT2D eigenvalue weighted by Crippen LogP contribution is -2.12. The molecular formula is C13H21NOS. The van der Waals surface area contributed by atoms with Crippen LogP contribution in [0.4, 0.5) is 0 Å². The van der Waals surface area contributed by atoms with Crippen LogP contribution in [-0.2, 0) is 5.75 Å². The molecule has 16 heavy (non-hydrogen) atoms. The predicted octanol–water partition coefficient (Wildman–Crippen LogP) is 2.91. The zero-order chi connectivity index (χ0) is 11.8. The highest BCUT2D eigenvalue weighted by Crippen LogP contribution is 2.18. The third kappa shape index (κ3) is 4.90. The number of hydrogen-bond acceptors (Lipinski definition) is 3. The van der Waals surface area contributed by atoms with Gasteiger partial charge in [0.2, 0.25) is 0 Å². The lowest BCUT2D eigenvalue weighted by Gasteiger charge is -2.08. The van der Waals surface area contributed by atoms with Crippen LogP contribution in [0, 0.1) is 5.92 Å². The summed E-state index contributed by atoms with van der Waals surface area (Å²) in [7, 11) is 0. The van der Waals surface area contributed by atoms with Gasteiger partial charge in [-0.25, -0.2) is 0 Å². The van der Waals surface area contributed by atoms with Gasteiger partial charge in [-0.3, -0.25) is 0 Å². The smallest absolute Gasteiger partial charge is 0.119 e. The highest BCUT2D eigenvalue weighted by molar-refractivity contribution is 7.98. The molecule has 0 aliphatic rings. The molecule has 3 heteroatoms.